The number of aromatic carboxylic acids is 1. The number of nitrogens with one attached hydrogen (secondary N) is 1. The maximum absolute atomic E-state index is 11.1. The highest BCUT2D eigenvalue weighted by atomic mass is 32.1. The van der Waals surface area contributed by atoms with Gasteiger partial charge in [-0.3, -0.25) is 0 Å². The number of carboxylic acid groups (broad SMARTS) is 1. The molecule has 0 radical (unpaired) electrons. The van der Waals surface area contributed by atoms with Crippen molar-refractivity contribution >= 4 is 18.2 Å². The van der Waals surface area contributed by atoms with Crippen LogP contribution in [-0.4, -0.2) is 25.7 Å². The Balaban J connectivity index is 2.50. The Kier molecular flexibility index (Phi) is 3.20. The topological polar surface area (TPSA) is 78.2 Å². The molecule has 0 aliphatic rings. The quantitative estimate of drug-likeness (QED) is 0.742. The van der Waals surface area contributed by atoms with Crippen LogP contribution >= 0.6 is 12.2 Å². The van der Waals surface area contributed by atoms with Crippen LogP contribution in [0.4, 0.5) is 0 Å². The van der Waals surface area contributed by atoms with Crippen molar-refractivity contribution in [1.29, 1.82) is 0 Å². The summed E-state index contributed by atoms with van der Waals surface area (Å²) in [6, 6.07) is 6.82. The average molecular weight is 264 g/mol. The highest BCUT2D eigenvalue weighted by Gasteiger charge is 2.17. The lowest BCUT2D eigenvalue weighted by Crippen LogP contribution is -2.06. The summed E-state index contributed by atoms with van der Waals surface area (Å²) in [5.41, 5.74) is 1.25. The summed E-state index contributed by atoms with van der Waals surface area (Å²) in [5.74, 6) is -0.923. The maximum Gasteiger partial charge on any atom is 0.354 e. The minimum absolute atomic E-state index is 0.0609. The maximum atomic E-state index is 11.1. The van der Waals surface area contributed by atoms with Gasteiger partial charge >= 0.3 is 5.97 Å². The standard InChI is InChI=1S/C12H12N2O3S/c1-14-8(10(11(16)17)13-12(14)18)6-7-4-2-3-5-9(7)15/h2-5,15H,6H2,1H3,(H,13,18)(H,16,17). The highest BCUT2D eigenvalue weighted by molar-refractivity contribution is 7.71. The van der Waals surface area contributed by atoms with Crippen molar-refractivity contribution in [3.63, 3.8) is 0 Å². The van der Waals surface area contributed by atoms with Crippen LogP contribution in [0.1, 0.15) is 21.7 Å². The number of rotatable bonds is 3. The van der Waals surface area contributed by atoms with Crippen LogP contribution in [0.25, 0.3) is 0 Å². The lowest BCUT2D eigenvalue weighted by molar-refractivity contribution is 0.0689. The van der Waals surface area contributed by atoms with Crippen LogP contribution in [0.2, 0.25) is 0 Å². The van der Waals surface area contributed by atoms with Crippen molar-refractivity contribution in [3.8, 4) is 5.75 Å². The van der Waals surface area contributed by atoms with Gasteiger partial charge in [0.25, 0.3) is 0 Å². The molecule has 94 valence electrons. The molecule has 1 heterocycles. The van der Waals surface area contributed by atoms with E-state index >= 15 is 0 Å². The highest BCUT2D eigenvalue weighted by Crippen LogP contribution is 2.21. The summed E-state index contributed by atoms with van der Waals surface area (Å²) in [4.78, 5) is 13.8. The molecule has 1 aromatic heterocycles. The molecule has 0 saturated carbocycles. The Labute approximate surface area is 108 Å². The van der Waals surface area contributed by atoms with Gasteiger partial charge in [-0.05, 0) is 23.8 Å². The largest absolute Gasteiger partial charge is 0.508 e. The Hall–Kier alpha value is -2.08. The van der Waals surface area contributed by atoms with E-state index in [0.29, 0.717) is 22.4 Å². The lowest BCUT2D eigenvalue weighted by Gasteiger charge is -2.06. The Morgan fingerprint density at radius 3 is 2.72 bits per heavy atom. The van der Waals surface area contributed by atoms with Gasteiger partial charge in [0.05, 0.1) is 5.69 Å². The molecule has 2 aromatic rings. The van der Waals surface area contributed by atoms with Crippen molar-refractivity contribution in [3.05, 3.63) is 46.0 Å². The van der Waals surface area contributed by atoms with Crippen molar-refractivity contribution in [2.75, 3.05) is 0 Å². The van der Waals surface area contributed by atoms with Gasteiger partial charge in [0, 0.05) is 13.5 Å². The van der Waals surface area contributed by atoms with E-state index in [1.54, 1.807) is 35.9 Å². The first kappa shape index (κ1) is 12.4. The van der Waals surface area contributed by atoms with Crippen molar-refractivity contribution in [2.45, 2.75) is 6.42 Å². The van der Waals surface area contributed by atoms with Crippen molar-refractivity contribution in [1.82, 2.24) is 9.55 Å². The second-order valence-corrected chi connectivity index (χ2v) is 4.31. The molecule has 0 aliphatic heterocycles. The first-order chi connectivity index (χ1) is 8.50. The first-order valence-corrected chi connectivity index (χ1v) is 5.69. The number of benzene rings is 1. The normalized spacial score (nSPS) is 10.5. The van der Waals surface area contributed by atoms with Crippen LogP contribution in [0.5, 0.6) is 5.75 Å². The second kappa shape index (κ2) is 4.66. The van der Waals surface area contributed by atoms with E-state index in [-0.39, 0.29) is 11.4 Å². The zero-order valence-corrected chi connectivity index (χ0v) is 10.5. The lowest BCUT2D eigenvalue weighted by atomic mass is 10.1. The predicted octanol–water partition coefficient (Wildman–Crippen LogP) is 2.08. The number of carbonyl (C=O) groups is 1. The molecular formula is C12H12N2O3S. The summed E-state index contributed by atoms with van der Waals surface area (Å²) < 4.78 is 1.95. The zero-order chi connectivity index (χ0) is 13.3. The van der Waals surface area contributed by atoms with E-state index in [1.165, 1.54) is 0 Å². The number of phenols is 1. The smallest absolute Gasteiger partial charge is 0.354 e. The third-order valence-corrected chi connectivity index (χ3v) is 3.17. The van der Waals surface area contributed by atoms with Crippen LogP contribution in [-0.2, 0) is 13.5 Å². The third-order valence-electron chi connectivity index (χ3n) is 2.79. The molecule has 3 N–H and O–H groups in total. The van der Waals surface area contributed by atoms with Gasteiger partial charge in [0.1, 0.15) is 11.4 Å². The number of aromatic hydroxyl groups is 1. The number of imidazole rings is 1. The van der Waals surface area contributed by atoms with Gasteiger partial charge in [-0.1, -0.05) is 18.2 Å². The number of hydrogen-bond acceptors (Lipinski definition) is 3. The molecule has 18 heavy (non-hydrogen) atoms. The second-order valence-electron chi connectivity index (χ2n) is 3.92. The molecule has 1 aromatic carbocycles. The van der Waals surface area contributed by atoms with Gasteiger partial charge in [-0.25, -0.2) is 4.79 Å². The van der Waals surface area contributed by atoms with Crippen molar-refractivity contribution in [2.24, 2.45) is 7.05 Å². The molecule has 0 aliphatic carbocycles. The van der Waals surface area contributed by atoms with Gasteiger partial charge in [-0.15, -0.1) is 0 Å². The molecular weight excluding hydrogens is 252 g/mol. The number of nitrogens with zero attached hydrogens (tertiary/aromatic N) is 1. The van der Waals surface area contributed by atoms with Crippen LogP contribution < -0.4 is 0 Å². The van der Waals surface area contributed by atoms with Crippen LogP contribution in [0.15, 0.2) is 24.3 Å². The number of carboxylic acids is 1. The molecule has 5 nitrogen and oxygen atoms in total. The van der Waals surface area contributed by atoms with Crippen LogP contribution in [0.3, 0.4) is 0 Å². The molecule has 0 saturated heterocycles. The number of aromatic amines is 1. The minimum Gasteiger partial charge on any atom is -0.508 e. The molecule has 0 spiro atoms. The molecule has 0 amide bonds. The number of aromatic nitrogens is 2. The number of para-hydroxylation sites is 1. The molecule has 6 heteroatoms. The molecule has 0 fully saturated rings. The van der Waals surface area contributed by atoms with E-state index < -0.39 is 5.97 Å². The van der Waals surface area contributed by atoms with Crippen LogP contribution in [0, 0.1) is 4.77 Å². The van der Waals surface area contributed by atoms with Gasteiger partial charge in [-0.2, -0.15) is 0 Å². The summed E-state index contributed by atoms with van der Waals surface area (Å²) >= 11 is 5.01. The van der Waals surface area contributed by atoms with Gasteiger partial charge in [0.15, 0.2) is 4.77 Å². The van der Waals surface area contributed by atoms with E-state index in [9.17, 15) is 9.90 Å². The summed E-state index contributed by atoms with van der Waals surface area (Å²) in [7, 11) is 1.70. The molecule has 2 rings (SSSR count). The first-order valence-electron chi connectivity index (χ1n) is 5.28. The summed E-state index contributed by atoms with van der Waals surface area (Å²) in [6.07, 6.45) is 0.304. The average Bonchev–Trinajstić information content (AvgIpc) is 2.60. The Morgan fingerprint density at radius 1 is 1.44 bits per heavy atom. The predicted molar refractivity (Wildman–Crippen MR) is 68.5 cm³/mol. The Bertz CT molecular complexity index is 658. The number of phenolic OH excluding ortho intramolecular Hbond substituents is 1. The molecule has 0 bridgehead atoms. The fourth-order valence-electron chi connectivity index (χ4n) is 1.78. The summed E-state index contributed by atoms with van der Waals surface area (Å²) in [6.45, 7) is 0. The van der Waals surface area contributed by atoms with E-state index in [1.807, 2.05) is 0 Å². The zero-order valence-electron chi connectivity index (χ0n) is 9.67. The number of hydrogen-bond donors (Lipinski definition) is 3. The number of H-pyrrole nitrogens is 1. The molecule has 0 atom stereocenters. The fraction of sp³-hybridized carbons (Fsp3) is 0.167. The Morgan fingerprint density at radius 2 is 2.11 bits per heavy atom. The third kappa shape index (κ3) is 2.14. The van der Waals surface area contributed by atoms with Gasteiger partial charge < -0.3 is 19.8 Å². The van der Waals surface area contributed by atoms with E-state index in [0.717, 1.165) is 0 Å². The monoisotopic (exact) mass is 264 g/mol. The SMILES string of the molecule is Cn1c(Cc2ccccc2O)c(C(=O)O)[nH]c1=S. The van der Waals surface area contributed by atoms with Crippen molar-refractivity contribution < 1.29 is 15.0 Å². The molecule has 0 unspecified atom stereocenters. The van der Waals surface area contributed by atoms with Gasteiger partial charge in [0.2, 0.25) is 0 Å². The van der Waals surface area contributed by atoms with E-state index in [2.05, 4.69) is 4.98 Å². The summed E-state index contributed by atoms with van der Waals surface area (Å²) in [5, 5.41) is 18.8. The fourth-order valence-corrected chi connectivity index (χ4v) is 1.99. The van der Waals surface area contributed by atoms with E-state index in [4.69, 9.17) is 17.3 Å². The minimum atomic E-state index is -1.06.